The van der Waals surface area contributed by atoms with Gasteiger partial charge >= 0.3 is 6.18 Å². The summed E-state index contributed by atoms with van der Waals surface area (Å²) in [5.74, 6) is -3.24. The lowest BCUT2D eigenvalue weighted by atomic mass is 9.93. The van der Waals surface area contributed by atoms with Gasteiger partial charge in [-0.05, 0) is 46.2 Å². The van der Waals surface area contributed by atoms with Gasteiger partial charge in [-0.2, -0.15) is 13.2 Å². The Morgan fingerprint density at radius 1 is 1.09 bits per heavy atom. The number of hydrogen-bond acceptors (Lipinski definition) is 5. The van der Waals surface area contributed by atoms with Crippen LogP contribution in [0, 0.1) is 5.82 Å². The Morgan fingerprint density at radius 3 is 2.36 bits per heavy atom. The van der Waals surface area contributed by atoms with Gasteiger partial charge in [0.05, 0.1) is 27.9 Å². The first kappa shape index (κ1) is 25.1. The molecular weight excluding hydrogens is 464 g/mol. The van der Waals surface area contributed by atoms with Crippen molar-refractivity contribution in [2.45, 2.75) is 51.5 Å². The zero-order chi connectivity index (χ0) is 24.8. The number of hydrogen-bond donors (Lipinski definition) is 3. The number of rotatable bonds is 6. The van der Waals surface area contributed by atoms with Crippen LogP contribution in [-0.2, 0) is 22.1 Å². The predicted molar refractivity (Wildman–Crippen MR) is 115 cm³/mol. The van der Waals surface area contributed by atoms with Crippen LogP contribution in [0.4, 0.5) is 22.6 Å². The van der Waals surface area contributed by atoms with E-state index in [-0.39, 0.29) is 30.1 Å². The van der Waals surface area contributed by atoms with Gasteiger partial charge in [-0.1, -0.05) is 6.07 Å². The number of benzene rings is 1. The Kier molecular flexibility index (Phi) is 6.62. The number of carbonyl (C=O) groups excluding carboxylic acids is 2. The third kappa shape index (κ3) is 4.75. The molecular formula is C22H24F4N2O4S. The van der Waals surface area contributed by atoms with Crippen LogP contribution in [0.5, 0.6) is 0 Å². The predicted octanol–water partition coefficient (Wildman–Crippen LogP) is 4.77. The van der Waals surface area contributed by atoms with Gasteiger partial charge in [-0.3, -0.25) is 9.59 Å². The molecule has 1 aliphatic rings. The molecule has 0 aliphatic carbocycles. The lowest BCUT2D eigenvalue weighted by Gasteiger charge is -2.26. The van der Waals surface area contributed by atoms with Gasteiger partial charge in [0.25, 0.3) is 11.8 Å². The monoisotopic (exact) mass is 488 g/mol. The van der Waals surface area contributed by atoms with Gasteiger partial charge in [0.15, 0.2) is 0 Å². The topological polar surface area (TPSA) is 87.7 Å². The van der Waals surface area contributed by atoms with E-state index < -0.39 is 46.1 Å². The maximum absolute atomic E-state index is 14.3. The summed E-state index contributed by atoms with van der Waals surface area (Å²) in [6.45, 7) is 7.01. The molecule has 33 heavy (non-hydrogen) atoms. The smallest absolute Gasteiger partial charge is 0.396 e. The number of ether oxygens (including phenoxy) is 1. The molecule has 0 saturated carbocycles. The zero-order valence-corrected chi connectivity index (χ0v) is 19.3. The average Bonchev–Trinajstić information content (AvgIpc) is 3.14. The number of fused-ring (bicyclic) bond motifs is 1. The Bertz CT molecular complexity index is 1090. The molecule has 11 heteroatoms. The van der Waals surface area contributed by atoms with E-state index in [2.05, 4.69) is 10.6 Å². The molecule has 1 aliphatic heterocycles. The molecule has 0 saturated heterocycles. The molecule has 2 amide bonds. The summed E-state index contributed by atoms with van der Waals surface area (Å²) >= 11 is 0.997. The van der Waals surface area contributed by atoms with Crippen LogP contribution in [0.2, 0.25) is 0 Å². The highest BCUT2D eigenvalue weighted by Gasteiger charge is 2.49. The Labute approximate surface area is 191 Å². The fourth-order valence-corrected chi connectivity index (χ4v) is 5.38. The van der Waals surface area contributed by atoms with Crippen molar-refractivity contribution in [1.29, 1.82) is 0 Å². The van der Waals surface area contributed by atoms with Gasteiger partial charge < -0.3 is 20.5 Å². The minimum Gasteiger partial charge on any atom is -0.396 e. The highest BCUT2D eigenvalue weighted by molar-refractivity contribution is 7.17. The first-order valence-electron chi connectivity index (χ1n) is 10.1. The minimum absolute atomic E-state index is 0.00711. The molecule has 1 aromatic heterocycles. The van der Waals surface area contributed by atoms with E-state index in [1.165, 1.54) is 0 Å². The third-order valence-electron chi connectivity index (χ3n) is 5.19. The van der Waals surface area contributed by atoms with Crippen molar-refractivity contribution in [3.05, 3.63) is 51.1 Å². The standard InChI is InChI=1S/C22H24F4N2O4S/c1-20(2)15-14(17(30)27-9-6-10-29)19(33-16(15)21(3,4)32-20)28-18(31)13-11(22(24,25)26)7-5-8-12(13)23/h5,7-8,29H,6,9-10H2,1-4H3,(H,27,30)(H,28,31). The second-order valence-electron chi connectivity index (χ2n) is 8.58. The Morgan fingerprint density at radius 2 is 1.76 bits per heavy atom. The molecule has 2 heterocycles. The van der Waals surface area contributed by atoms with Crippen LogP contribution in [0.1, 0.15) is 70.8 Å². The molecule has 3 rings (SSSR count). The van der Waals surface area contributed by atoms with E-state index >= 15 is 0 Å². The number of nitrogens with one attached hydrogen (secondary N) is 2. The number of anilines is 1. The summed E-state index contributed by atoms with van der Waals surface area (Å²) in [4.78, 5) is 26.5. The van der Waals surface area contributed by atoms with Gasteiger partial charge in [-0.15, -0.1) is 11.3 Å². The molecule has 2 aromatic rings. The SMILES string of the molecule is CC1(C)OC(C)(C)c2c1sc(NC(=O)c1c(F)cccc1C(F)(F)F)c2C(=O)NCCCO. The quantitative estimate of drug-likeness (QED) is 0.404. The Hall–Kier alpha value is -2.50. The van der Waals surface area contributed by atoms with E-state index in [4.69, 9.17) is 9.84 Å². The van der Waals surface area contributed by atoms with Crippen molar-refractivity contribution in [2.75, 3.05) is 18.5 Å². The number of alkyl halides is 3. The fourth-order valence-electron chi connectivity index (χ4n) is 4.00. The van der Waals surface area contributed by atoms with E-state index in [9.17, 15) is 27.2 Å². The highest BCUT2D eigenvalue weighted by atomic mass is 32.1. The van der Waals surface area contributed by atoms with Gasteiger partial charge in [0.1, 0.15) is 10.8 Å². The number of aliphatic hydroxyl groups is 1. The summed E-state index contributed by atoms with van der Waals surface area (Å²) in [5, 5.41) is 13.9. The van der Waals surface area contributed by atoms with E-state index in [0.29, 0.717) is 16.5 Å². The van der Waals surface area contributed by atoms with Crippen molar-refractivity contribution in [1.82, 2.24) is 5.32 Å². The summed E-state index contributed by atoms with van der Waals surface area (Å²) in [7, 11) is 0. The maximum Gasteiger partial charge on any atom is 0.417 e. The molecule has 0 fully saturated rings. The fraction of sp³-hybridized carbons (Fsp3) is 0.455. The first-order chi connectivity index (χ1) is 15.2. The molecule has 0 atom stereocenters. The van der Waals surface area contributed by atoms with Crippen LogP contribution < -0.4 is 10.6 Å². The number of carbonyl (C=O) groups is 2. The summed E-state index contributed by atoms with van der Waals surface area (Å²) in [6, 6.07) is 2.26. The second-order valence-corrected chi connectivity index (χ2v) is 9.60. The normalized spacial score (nSPS) is 16.4. The van der Waals surface area contributed by atoms with Gasteiger partial charge in [0.2, 0.25) is 0 Å². The number of aliphatic hydroxyl groups excluding tert-OH is 1. The minimum atomic E-state index is -4.95. The molecule has 0 spiro atoms. The molecule has 0 bridgehead atoms. The molecule has 1 aromatic carbocycles. The van der Waals surface area contributed by atoms with Gasteiger partial charge in [0, 0.05) is 23.6 Å². The molecule has 180 valence electrons. The molecule has 0 radical (unpaired) electrons. The van der Waals surface area contributed by atoms with Crippen molar-refractivity contribution in [3.63, 3.8) is 0 Å². The summed E-state index contributed by atoms with van der Waals surface area (Å²) in [5.41, 5.74) is -3.79. The number of thiophene rings is 1. The van der Waals surface area contributed by atoms with Crippen molar-refractivity contribution in [3.8, 4) is 0 Å². The Balaban J connectivity index is 2.10. The van der Waals surface area contributed by atoms with Crippen LogP contribution in [0.3, 0.4) is 0 Å². The largest absolute Gasteiger partial charge is 0.417 e. The van der Waals surface area contributed by atoms with Crippen molar-refractivity contribution in [2.24, 2.45) is 0 Å². The van der Waals surface area contributed by atoms with Crippen molar-refractivity contribution < 1.29 is 37.0 Å². The van der Waals surface area contributed by atoms with Gasteiger partial charge in [-0.25, -0.2) is 4.39 Å². The van der Waals surface area contributed by atoms with Crippen LogP contribution in [0.15, 0.2) is 18.2 Å². The highest BCUT2D eigenvalue weighted by Crippen LogP contribution is 2.54. The van der Waals surface area contributed by atoms with E-state index in [1.54, 1.807) is 27.7 Å². The lowest BCUT2D eigenvalue weighted by Crippen LogP contribution is -2.30. The van der Waals surface area contributed by atoms with Crippen LogP contribution in [0.25, 0.3) is 0 Å². The number of halogens is 4. The molecule has 6 nitrogen and oxygen atoms in total. The second kappa shape index (κ2) is 8.69. The molecule has 3 N–H and O–H groups in total. The first-order valence-corrected chi connectivity index (χ1v) is 11.0. The number of amides is 2. The molecule has 0 unspecified atom stereocenters. The van der Waals surface area contributed by atoms with Crippen LogP contribution >= 0.6 is 11.3 Å². The third-order valence-corrected chi connectivity index (χ3v) is 6.60. The van der Waals surface area contributed by atoms with Crippen molar-refractivity contribution >= 4 is 28.2 Å². The van der Waals surface area contributed by atoms with E-state index in [0.717, 1.165) is 23.5 Å². The average molecular weight is 489 g/mol. The lowest BCUT2D eigenvalue weighted by molar-refractivity contribution is -0.138. The summed E-state index contributed by atoms with van der Waals surface area (Å²) < 4.78 is 60.6. The van der Waals surface area contributed by atoms with E-state index in [1.807, 2.05) is 0 Å². The van der Waals surface area contributed by atoms with Crippen LogP contribution in [-0.4, -0.2) is 30.1 Å². The summed E-state index contributed by atoms with van der Waals surface area (Å²) in [6.07, 6.45) is -4.66. The maximum atomic E-state index is 14.3. The zero-order valence-electron chi connectivity index (χ0n) is 18.4.